The Morgan fingerprint density at radius 1 is 1.20 bits per heavy atom. The van der Waals surface area contributed by atoms with E-state index in [1.54, 1.807) is 32.1 Å². The SMILES string of the molecule is CCNC(=O)CN(CC)C(=O)COC(=O)/C=C/c1ccccc1OC. The molecule has 0 saturated carbocycles. The molecule has 136 valence electrons. The van der Waals surface area contributed by atoms with Crippen molar-refractivity contribution >= 4 is 23.9 Å². The lowest BCUT2D eigenvalue weighted by Crippen LogP contribution is -2.42. The first-order valence-electron chi connectivity index (χ1n) is 8.04. The maximum Gasteiger partial charge on any atom is 0.331 e. The summed E-state index contributed by atoms with van der Waals surface area (Å²) in [5.74, 6) is -0.692. The smallest absolute Gasteiger partial charge is 0.331 e. The highest BCUT2D eigenvalue weighted by Crippen LogP contribution is 2.18. The molecule has 0 spiro atoms. The number of esters is 1. The monoisotopic (exact) mass is 348 g/mol. The molecule has 0 bridgehead atoms. The molecule has 0 radical (unpaired) electrons. The van der Waals surface area contributed by atoms with Gasteiger partial charge in [0.05, 0.1) is 13.7 Å². The van der Waals surface area contributed by atoms with Crippen molar-refractivity contribution in [2.75, 3.05) is 33.4 Å². The lowest BCUT2D eigenvalue weighted by molar-refractivity contribution is -0.148. The molecule has 7 nitrogen and oxygen atoms in total. The number of para-hydroxylation sites is 1. The van der Waals surface area contributed by atoms with Crippen molar-refractivity contribution in [2.24, 2.45) is 0 Å². The fourth-order valence-corrected chi connectivity index (χ4v) is 2.04. The van der Waals surface area contributed by atoms with Crippen LogP contribution in [-0.2, 0) is 19.1 Å². The Morgan fingerprint density at radius 3 is 2.56 bits per heavy atom. The van der Waals surface area contributed by atoms with E-state index in [0.717, 1.165) is 5.56 Å². The average Bonchev–Trinajstić information content (AvgIpc) is 2.62. The Labute approximate surface area is 147 Å². The number of nitrogens with zero attached hydrogens (tertiary/aromatic N) is 1. The molecule has 7 heteroatoms. The lowest BCUT2D eigenvalue weighted by Gasteiger charge is -2.19. The summed E-state index contributed by atoms with van der Waals surface area (Å²) in [5.41, 5.74) is 0.722. The molecule has 0 atom stereocenters. The molecular weight excluding hydrogens is 324 g/mol. The van der Waals surface area contributed by atoms with Crippen LogP contribution in [0.3, 0.4) is 0 Å². The van der Waals surface area contributed by atoms with Crippen molar-refractivity contribution in [2.45, 2.75) is 13.8 Å². The molecule has 0 heterocycles. The van der Waals surface area contributed by atoms with Gasteiger partial charge < -0.3 is 19.7 Å². The molecular formula is C18H24N2O5. The molecule has 0 aliphatic heterocycles. The molecule has 1 aromatic carbocycles. The number of carbonyl (C=O) groups is 3. The second-order valence-corrected chi connectivity index (χ2v) is 5.04. The van der Waals surface area contributed by atoms with Crippen LogP contribution in [0.2, 0.25) is 0 Å². The zero-order valence-electron chi connectivity index (χ0n) is 14.8. The van der Waals surface area contributed by atoms with E-state index < -0.39 is 18.5 Å². The molecule has 0 aliphatic rings. The summed E-state index contributed by atoms with van der Waals surface area (Å²) in [5, 5.41) is 2.62. The normalized spacial score (nSPS) is 10.4. The van der Waals surface area contributed by atoms with Gasteiger partial charge in [-0.1, -0.05) is 18.2 Å². The summed E-state index contributed by atoms with van der Waals surface area (Å²) in [6.45, 7) is 3.92. The van der Waals surface area contributed by atoms with Gasteiger partial charge in [-0.3, -0.25) is 9.59 Å². The van der Waals surface area contributed by atoms with E-state index >= 15 is 0 Å². The second-order valence-electron chi connectivity index (χ2n) is 5.04. The molecule has 25 heavy (non-hydrogen) atoms. The number of benzene rings is 1. The molecule has 0 saturated heterocycles. The number of ether oxygens (including phenoxy) is 2. The highest BCUT2D eigenvalue weighted by molar-refractivity contribution is 5.90. The Hall–Kier alpha value is -2.83. The van der Waals surface area contributed by atoms with Crippen molar-refractivity contribution in [3.63, 3.8) is 0 Å². The van der Waals surface area contributed by atoms with Gasteiger partial charge in [0.2, 0.25) is 5.91 Å². The van der Waals surface area contributed by atoms with Crippen LogP contribution >= 0.6 is 0 Å². The van der Waals surface area contributed by atoms with Gasteiger partial charge in [-0.2, -0.15) is 0 Å². The maximum atomic E-state index is 12.0. The highest BCUT2D eigenvalue weighted by Gasteiger charge is 2.16. The van der Waals surface area contributed by atoms with Crippen molar-refractivity contribution in [1.29, 1.82) is 0 Å². The van der Waals surface area contributed by atoms with Crippen LogP contribution < -0.4 is 10.1 Å². The van der Waals surface area contributed by atoms with Gasteiger partial charge in [-0.05, 0) is 26.0 Å². The minimum atomic E-state index is -0.645. The quantitative estimate of drug-likeness (QED) is 0.536. The van der Waals surface area contributed by atoms with Gasteiger partial charge in [0.25, 0.3) is 5.91 Å². The van der Waals surface area contributed by atoms with Crippen molar-refractivity contribution in [1.82, 2.24) is 10.2 Å². The minimum Gasteiger partial charge on any atom is -0.496 e. The number of amides is 2. The van der Waals surface area contributed by atoms with Crippen LogP contribution in [0.1, 0.15) is 19.4 Å². The zero-order chi connectivity index (χ0) is 18.7. The zero-order valence-corrected chi connectivity index (χ0v) is 14.8. The van der Waals surface area contributed by atoms with Crippen LogP contribution in [0.4, 0.5) is 0 Å². The van der Waals surface area contributed by atoms with Crippen LogP contribution in [0.25, 0.3) is 6.08 Å². The van der Waals surface area contributed by atoms with E-state index in [9.17, 15) is 14.4 Å². The molecule has 0 fully saturated rings. The van der Waals surface area contributed by atoms with Gasteiger partial charge in [-0.25, -0.2) is 4.79 Å². The van der Waals surface area contributed by atoms with Gasteiger partial charge in [-0.15, -0.1) is 0 Å². The third-order valence-corrected chi connectivity index (χ3v) is 3.32. The van der Waals surface area contributed by atoms with E-state index in [4.69, 9.17) is 9.47 Å². The minimum absolute atomic E-state index is 0.0578. The number of rotatable bonds is 9. The van der Waals surface area contributed by atoms with Crippen LogP contribution in [0.15, 0.2) is 30.3 Å². The Balaban J connectivity index is 2.52. The van der Waals surface area contributed by atoms with E-state index in [2.05, 4.69) is 5.32 Å². The largest absolute Gasteiger partial charge is 0.496 e. The molecule has 0 aliphatic carbocycles. The van der Waals surface area contributed by atoms with Gasteiger partial charge >= 0.3 is 5.97 Å². The number of methoxy groups -OCH3 is 1. The van der Waals surface area contributed by atoms with Gasteiger partial charge in [0.15, 0.2) is 6.61 Å². The topological polar surface area (TPSA) is 84.9 Å². The predicted molar refractivity (Wildman–Crippen MR) is 93.9 cm³/mol. The summed E-state index contributed by atoms with van der Waals surface area (Å²) in [6, 6.07) is 7.20. The average molecular weight is 348 g/mol. The van der Waals surface area contributed by atoms with E-state index in [1.165, 1.54) is 18.1 Å². The Morgan fingerprint density at radius 2 is 1.92 bits per heavy atom. The van der Waals surface area contributed by atoms with Gasteiger partial charge in [0, 0.05) is 24.7 Å². The predicted octanol–water partition coefficient (Wildman–Crippen LogP) is 1.24. The number of hydrogen-bond donors (Lipinski definition) is 1. The van der Waals surface area contributed by atoms with Gasteiger partial charge in [0.1, 0.15) is 5.75 Å². The molecule has 0 aromatic heterocycles. The molecule has 2 amide bonds. The number of likely N-dealkylation sites (N-methyl/N-ethyl adjacent to an activating group) is 2. The summed E-state index contributed by atoms with van der Waals surface area (Å²) < 4.78 is 10.1. The maximum absolute atomic E-state index is 12.0. The summed E-state index contributed by atoms with van der Waals surface area (Å²) in [7, 11) is 1.54. The number of carbonyl (C=O) groups excluding carboxylic acids is 3. The van der Waals surface area contributed by atoms with E-state index in [-0.39, 0.29) is 12.5 Å². The molecule has 1 rings (SSSR count). The third-order valence-electron chi connectivity index (χ3n) is 3.32. The first-order chi connectivity index (χ1) is 12.0. The van der Waals surface area contributed by atoms with Crippen LogP contribution in [0, 0.1) is 0 Å². The highest BCUT2D eigenvalue weighted by atomic mass is 16.5. The standard InChI is InChI=1S/C18H24N2O5/c1-4-19-16(21)12-20(5-2)17(22)13-25-18(23)11-10-14-8-6-7-9-15(14)24-3/h6-11H,4-5,12-13H2,1-3H3,(H,19,21)/b11-10+. The summed E-state index contributed by atoms with van der Waals surface area (Å²) in [6.07, 6.45) is 2.78. The Bertz CT molecular complexity index is 628. The molecule has 1 N–H and O–H groups in total. The first-order valence-corrected chi connectivity index (χ1v) is 8.04. The fourth-order valence-electron chi connectivity index (χ4n) is 2.04. The second kappa shape index (κ2) is 10.9. The lowest BCUT2D eigenvalue weighted by atomic mass is 10.2. The van der Waals surface area contributed by atoms with E-state index in [0.29, 0.717) is 18.8 Å². The van der Waals surface area contributed by atoms with Crippen molar-refractivity contribution in [3.05, 3.63) is 35.9 Å². The van der Waals surface area contributed by atoms with E-state index in [1.807, 2.05) is 12.1 Å². The number of nitrogens with one attached hydrogen (secondary N) is 1. The molecule has 1 aromatic rings. The molecule has 0 unspecified atom stereocenters. The van der Waals surface area contributed by atoms with Crippen molar-refractivity contribution in [3.8, 4) is 5.75 Å². The summed E-state index contributed by atoms with van der Waals surface area (Å²) in [4.78, 5) is 36.6. The van der Waals surface area contributed by atoms with Crippen molar-refractivity contribution < 1.29 is 23.9 Å². The first kappa shape index (κ1) is 20.2. The van der Waals surface area contributed by atoms with Crippen LogP contribution in [-0.4, -0.2) is 56.0 Å². The summed E-state index contributed by atoms with van der Waals surface area (Å²) >= 11 is 0. The van der Waals surface area contributed by atoms with Crippen LogP contribution in [0.5, 0.6) is 5.75 Å². The third kappa shape index (κ3) is 7.07. The fraction of sp³-hybridized carbons (Fsp3) is 0.389. The number of hydrogen-bond acceptors (Lipinski definition) is 5. The Kier molecular flexibility index (Phi) is 8.78.